The third-order valence-corrected chi connectivity index (χ3v) is 4.76. The van der Waals surface area contributed by atoms with Crippen LogP contribution in [0.2, 0.25) is 0 Å². The first kappa shape index (κ1) is 15.8. The van der Waals surface area contributed by atoms with Crippen LogP contribution >= 0.6 is 11.8 Å². The fourth-order valence-electron chi connectivity index (χ4n) is 2.21. The van der Waals surface area contributed by atoms with Gasteiger partial charge in [-0.15, -0.1) is 11.8 Å². The van der Waals surface area contributed by atoms with Crippen LogP contribution in [0, 0.1) is 13.8 Å². The second kappa shape index (κ2) is 6.44. The van der Waals surface area contributed by atoms with Gasteiger partial charge in [0.05, 0.1) is 5.75 Å². The maximum Gasteiger partial charge on any atom is 0.138 e. The summed E-state index contributed by atoms with van der Waals surface area (Å²) in [6, 6.07) is 0.777. The monoisotopic (exact) mass is 293 g/mol. The molecule has 2 rings (SSSR count). The second-order valence-corrected chi connectivity index (χ2v) is 8.47. The minimum Gasteiger partial charge on any atom is -0.314 e. The van der Waals surface area contributed by atoms with Gasteiger partial charge in [-0.3, -0.25) is 0 Å². The minimum absolute atomic E-state index is 0.262. The number of aromatic nitrogens is 2. The van der Waals surface area contributed by atoms with E-state index in [9.17, 15) is 0 Å². The van der Waals surface area contributed by atoms with E-state index in [0.29, 0.717) is 0 Å². The number of aryl methyl sites for hydroxylation is 2. The molecule has 3 nitrogen and oxygen atoms in total. The molecule has 0 amide bonds. The van der Waals surface area contributed by atoms with Gasteiger partial charge in [-0.1, -0.05) is 20.8 Å². The van der Waals surface area contributed by atoms with E-state index in [1.807, 2.05) is 11.8 Å². The molecule has 1 aromatic heterocycles. The first-order valence-corrected chi connectivity index (χ1v) is 8.54. The first-order valence-electron chi connectivity index (χ1n) is 7.55. The Kier molecular flexibility index (Phi) is 5.08. The molecule has 20 heavy (non-hydrogen) atoms. The van der Waals surface area contributed by atoms with Crippen molar-refractivity contribution in [2.45, 2.75) is 70.4 Å². The van der Waals surface area contributed by atoms with Crippen molar-refractivity contribution in [2.75, 3.05) is 6.54 Å². The molecule has 1 heterocycles. The molecule has 1 aliphatic rings. The van der Waals surface area contributed by atoms with Crippen molar-refractivity contribution < 1.29 is 0 Å². The lowest BCUT2D eigenvalue weighted by atomic mass is 10.1. The van der Waals surface area contributed by atoms with Gasteiger partial charge in [0, 0.05) is 22.2 Å². The van der Waals surface area contributed by atoms with Crippen LogP contribution in [0.15, 0.2) is 0 Å². The Morgan fingerprint density at radius 2 is 1.75 bits per heavy atom. The fraction of sp³-hybridized carbons (Fsp3) is 0.750. The highest BCUT2D eigenvalue weighted by Gasteiger charge is 2.20. The van der Waals surface area contributed by atoms with Crippen LogP contribution in [0.5, 0.6) is 0 Å². The van der Waals surface area contributed by atoms with Crippen LogP contribution in [0.4, 0.5) is 0 Å². The van der Waals surface area contributed by atoms with E-state index >= 15 is 0 Å². The van der Waals surface area contributed by atoms with Crippen LogP contribution in [-0.2, 0) is 12.2 Å². The van der Waals surface area contributed by atoms with Crippen LogP contribution < -0.4 is 5.32 Å². The lowest BCUT2D eigenvalue weighted by molar-refractivity contribution is 0.674. The molecule has 0 aliphatic heterocycles. The van der Waals surface area contributed by atoms with Gasteiger partial charge in [-0.05, 0) is 45.2 Å². The standard InChI is InChI=1S/C16H27N3S/c1-11-14(8-9-17-13-6-7-13)12(2)19-15(18-11)10-20-16(3,4)5/h13,17H,6-10H2,1-5H3. The van der Waals surface area contributed by atoms with Gasteiger partial charge in [0.2, 0.25) is 0 Å². The Morgan fingerprint density at radius 1 is 1.15 bits per heavy atom. The molecule has 0 bridgehead atoms. The Balaban J connectivity index is 1.95. The van der Waals surface area contributed by atoms with Crippen LogP contribution in [0.1, 0.15) is 56.4 Å². The molecule has 1 N–H and O–H groups in total. The molecule has 0 unspecified atom stereocenters. The lowest BCUT2D eigenvalue weighted by Gasteiger charge is -2.17. The van der Waals surface area contributed by atoms with E-state index in [4.69, 9.17) is 9.97 Å². The molecule has 0 aromatic carbocycles. The van der Waals surface area contributed by atoms with Gasteiger partial charge < -0.3 is 5.32 Å². The zero-order chi connectivity index (χ0) is 14.8. The Labute approximate surface area is 127 Å². The number of hydrogen-bond donors (Lipinski definition) is 1. The highest BCUT2D eigenvalue weighted by molar-refractivity contribution is 7.99. The van der Waals surface area contributed by atoms with Crippen molar-refractivity contribution in [2.24, 2.45) is 0 Å². The summed E-state index contributed by atoms with van der Waals surface area (Å²) in [4.78, 5) is 9.38. The molecular formula is C16H27N3S. The Morgan fingerprint density at radius 3 is 2.25 bits per heavy atom. The average molecular weight is 293 g/mol. The predicted octanol–water partition coefficient (Wildman–Crippen LogP) is 3.42. The third-order valence-electron chi connectivity index (χ3n) is 3.49. The molecule has 0 radical (unpaired) electrons. The molecule has 1 aliphatic carbocycles. The molecule has 1 fully saturated rings. The van der Waals surface area contributed by atoms with Crippen molar-refractivity contribution in [1.29, 1.82) is 0 Å². The van der Waals surface area contributed by atoms with Crippen molar-refractivity contribution in [3.63, 3.8) is 0 Å². The van der Waals surface area contributed by atoms with Crippen molar-refractivity contribution in [3.8, 4) is 0 Å². The summed E-state index contributed by atoms with van der Waals surface area (Å²) in [6.07, 6.45) is 3.73. The molecule has 4 heteroatoms. The second-order valence-electron chi connectivity index (χ2n) is 6.67. The summed E-state index contributed by atoms with van der Waals surface area (Å²) in [6.45, 7) is 12.0. The Hall–Kier alpha value is -0.610. The Bertz CT molecular complexity index is 438. The van der Waals surface area contributed by atoms with Gasteiger partial charge >= 0.3 is 0 Å². The van der Waals surface area contributed by atoms with E-state index in [2.05, 4.69) is 39.9 Å². The summed E-state index contributed by atoms with van der Waals surface area (Å²) < 4.78 is 0.262. The molecule has 1 saturated carbocycles. The summed E-state index contributed by atoms with van der Waals surface area (Å²) in [5.74, 6) is 1.87. The molecular weight excluding hydrogens is 266 g/mol. The number of rotatable bonds is 6. The fourth-order valence-corrected chi connectivity index (χ4v) is 2.90. The number of nitrogens with zero attached hydrogens (tertiary/aromatic N) is 2. The first-order chi connectivity index (χ1) is 9.35. The van der Waals surface area contributed by atoms with Crippen LogP contribution in [0.3, 0.4) is 0 Å². The zero-order valence-corrected chi connectivity index (χ0v) is 14.2. The molecule has 0 atom stereocenters. The largest absolute Gasteiger partial charge is 0.314 e. The maximum atomic E-state index is 4.69. The highest BCUT2D eigenvalue weighted by atomic mass is 32.2. The predicted molar refractivity (Wildman–Crippen MR) is 87.3 cm³/mol. The van der Waals surface area contributed by atoms with Crippen LogP contribution in [-0.4, -0.2) is 27.3 Å². The zero-order valence-electron chi connectivity index (χ0n) is 13.4. The summed E-state index contributed by atoms with van der Waals surface area (Å²) in [5.41, 5.74) is 3.63. The van der Waals surface area contributed by atoms with Crippen molar-refractivity contribution in [1.82, 2.24) is 15.3 Å². The third kappa shape index (κ3) is 5.06. The average Bonchev–Trinajstić information content (AvgIpc) is 3.13. The van der Waals surface area contributed by atoms with Crippen molar-refractivity contribution in [3.05, 3.63) is 22.8 Å². The van der Waals surface area contributed by atoms with Gasteiger partial charge in [-0.2, -0.15) is 0 Å². The highest BCUT2D eigenvalue weighted by Crippen LogP contribution is 2.26. The van der Waals surface area contributed by atoms with E-state index in [1.54, 1.807) is 0 Å². The van der Waals surface area contributed by atoms with Crippen molar-refractivity contribution >= 4 is 11.8 Å². The number of thioether (sulfide) groups is 1. The quantitative estimate of drug-likeness (QED) is 0.872. The van der Waals surface area contributed by atoms with Gasteiger partial charge in [-0.25, -0.2) is 9.97 Å². The van der Waals surface area contributed by atoms with E-state index in [1.165, 1.54) is 18.4 Å². The summed E-state index contributed by atoms with van der Waals surface area (Å²) in [5, 5.41) is 3.56. The smallest absolute Gasteiger partial charge is 0.138 e. The van der Waals surface area contributed by atoms with Crippen LogP contribution in [0.25, 0.3) is 0 Å². The molecule has 112 valence electrons. The summed E-state index contributed by atoms with van der Waals surface area (Å²) in [7, 11) is 0. The van der Waals surface area contributed by atoms with Gasteiger partial charge in [0.1, 0.15) is 5.82 Å². The maximum absolute atomic E-state index is 4.69. The van der Waals surface area contributed by atoms with E-state index in [0.717, 1.165) is 42.0 Å². The molecule has 0 spiro atoms. The molecule has 1 aromatic rings. The van der Waals surface area contributed by atoms with Gasteiger partial charge in [0.15, 0.2) is 0 Å². The normalized spacial score (nSPS) is 15.7. The SMILES string of the molecule is Cc1nc(CSC(C)(C)C)nc(C)c1CCNC1CC1. The van der Waals surface area contributed by atoms with Gasteiger partial charge in [0.25, 0.3) is 0 Å². The lowest BCUT2D eigenvalue weighted by Crippen LogP contribution is -2.20. The summed E-state index contributed by atoms with van der Waals surface area (Å²) >= 11 is 1.90. The van der Waals surface area contributed by atoms with E-state index < -0.39 is 0 Å². The number of hydrogen-bond acceptors (Lipinski definition) is 4. The topological polar surface area (TPSA) is 37.8 Å². The molecule has 0 saturated heterocycles. The van der Waals surface area contributed by atoms with E-state index in [-0.39, 0.29) is 4.75 Å². The number of nitrogens with one attached hydrogen (secondary N) is 1. The minimum atomic E-state index is 0.262.